The molecule has 4 aromatic heterocycles. The van der Waals surface area contributed by atoms with Gasteiger partial charge in [0.25, 0.3) is 0 Å². The highest BCUT2D eigenvalue weighted by molar-refractivity contribution is 6.17. The number of rotatable bonds is 7. The van der Waals surface area contributed by atoms with Gasteiger partial charge < -0.3 is 18.3 Å². The van der Waals surface area contributed by atoms with Gasteiger partial charge in [-0.05, 0) is 88.5 Å². The molecule has 5 nitrogen and oxygen atoms in total. The number of aromatic nitrogens is 4. The van der Waals surface area contributed by atoms with Crippen LogP contribution in [0.3, 0.4) is 0 Å². The molecule has 0 saturated carbocycles. The summed E-state index contributed by atoms with van der Waals surface area (Å²) in [4.78, 5) is 0. The monoisotopic (exact) mass is 991 g/mol. The van der Waals surface area contributed by atoms with E-state index < -0.39 is 0 Å². The standard InChI is InChI=1S/C73H45N5/c74-46-60-70(75-61-34-16-10-28-52(61)53-29-11-17-35-62(53)75)72(77-65-38-20-14-32-56(65)58-44-50(40-42-67(58)77)47-22-4-1-5-23-47)69(49-26-8-3-9-27-49)73(71(60)76-63-36-18-12-30-54(63)55-31-13-19-37-64(55)76)78-66-39-21-15-33-57(66)59-45-51(41-43-68(59)78)48-24-6-2-7-25-48/h1-45H. The first-order valence-electron chi connectivity index (χ1n) is 26.6. The zero-order valence-corrected chi connectivity index (χ0v) is 42.2. The molecule has 0 N–H and O–H groups in total. The third-order valence-electron chi connectivity index (χ3n) is 16.2. The third kappa shape index (κ3) is 6.29. The minimum absolute atomic E-state index is 0.538. The van der Waals surface area contributed by atoms with Crippen molar-refractivity contribution in [2.24, 2.45) is 0 Å². The summed E-state index contributed by atoms with van der Waals surface area (Å²) in [6, 6.07) is 101. The van der Waals surface area contributed by atoms with E-state index in [9.17, 15) is 5.26 Å². The molecule has 0 saturated heterocycles. The smallest absolute Gasteiger partial charge is 0.104 e. The molecule has 12 aromatic carbocycles. The fraction of sp³-hybridized carbons (Fsp3) is 0. The predicted octanol–water partition coefficient (Wildman–Crippen LogP) is 18.9. The van der Waals surface area contributed by atoms with Crippen LogP contribution in [0.15, 0.2) is 273 Å². The molecule has 4 heterocycles. The maximum Gasteiger partial charge on any atom is 0.104 e. The number of para-hydroxylation sites is 6. The van der Waals surface area contributed by atoms with Crippen LogP contribution in [0, 0.1) is 11.3 Å². The van der Waals surface area contributed by atoms with E-state index in [1.807, 2.05) is 0 Å². The Morgan fingerprint density at radius 1 is 0.218 bits per heavy atom. The normalized spacial score (nSPS) is 11.8. The number of hydrogen-bond donors (Lipinski definition) is 0. The van der Waals surface area contributed by atoms with Crippen molar-refractivity contribution in [2.45, 2.75) is 0 Å². The van der Waals surface area contributed by atoms with Gasteiger partial charge in [-0.2, -0.15) is 5.26 Å². The summed E-state index contributed by atoms with van der Waals surface area (Å²) in [5.41, 5.74) is 18.6. The van der Waals surface area contributed by atoms with Crippen LogP contribution >= 0.6 is 0 Å². The summed E-state index contributed by atoms with van der Waals surface area (Å²) in [6.07, 6.45) is 0. The van der Waals surface area contributed by atoms with Crippen molar-refractivity contribution in [1.29, 1.82) is 5.26 Å². The molecule has 0 aliphatic rings. The lowest BCUT2D eigenvalue weighted by molar-refractivity contribution is 1.04. The van der Waals surface area contributed by atoms with Gasteiger partial charge in [-0.15, -0.1) is 0 Å². The second-order valence-corrected chi connectivity index (χ2v) is 20.3. The molecule has 0 unspecified atom stereocenters. The second kappa shape index (κ2) is 17.2. The Balaban J connectivity index is 1.21. The molecule has 0 radical (unpaired) electrons. The van der Waals surface area contributed by atoms with Gasteiger partial charge in [-0.3, -0.25) is 0 Å². The SMILES string of the molecule is N#Cc1c(-n2c3ccccc3c3ccccc32)c(-n2c3ccccc3c3cc(-c4ccccc4)ccc32)c(-c2ccccc2)c(-n2c3ccccc3c3cc(-c4ccccc4)ccc32)c1-n1c2ccccc2c2ccccc21. The molecule has 0 spiro atoms. The van der Waals surface area contributed by atoms with E-state index in [4.69, 9.17) is 0 Å². The van der Waals surface area contributed by atoms with E-state index in [0.717, 1.165) is 143 Å². The number of nitrogens with zero attached hydrogens (tertiary/aromatic N) is 5. The van der Waals surface area contributed by atoms with Crippen LogP contribution in [0.4, 0.5) is 0 Å². The number of nitriles is 1. The average molecular weight is 992 g/mol. The Labute approximate surface area is 449 Å². The third-order valence-corrected chi connectivity index (χ3v) is 16.2. The molecule has 5 heteroatoms. The Kier molecular flexibility index (Phi) is 9.63. The topological polar surface area (TPSA) is 43.5 Å². The molecule has 0 aliphatic heterocycles. The average Bonchev–Trinajstić information content (AvgIpc) is 4.33. The second-order valence-electron chi connectivity index (χ2n) is 20.3. The Bertz CT molecular complexity index is 4740. The molecular weight excluding hydrogens is 947 g/mol. The van der Waals surface area contributed by atoms with Gasteiger partial charge in [-0.1, -0.05) is 212 Å². The molecule has 78 heavy (non-hydrogen) atoms. The summed E-state index contributed by atoms with van der Waals surface area (Å²) in [6.45, 7) is 0. The van der Waals surface area contributed by atoms with Gasteiger partial charge in [0.15, 0.2) is 0 Å². The van der Waals surface area contributed by atoms with Crippen LogP contribution < -0.4 is 0 Å². The molecule has 0 aliphatic carbocycles. The molecule has 0 fully saturated rings. The molecule has 0 amide bonds. The van der Waals surface area contributed by atoms with E-state index in [0.29, 0.717) is 5.56 Å². The van der Waals surface area contributed by atoms with Crippen LogP contribution in [0.1, 0.15) is 5.56 Å². The lowest BCUT2D eigenvalue weighted by Crippen LogP contribution is -2.16. The van der Waals surface area contributed by atoms with E-state index >= 15 is 0 Å². The van der Waals surface area contributed by atoms with Crippen molar-refractivity contribution in [2.75, 3.05) is 0 Å². The Hall–Kier alpha value is -10.7. The molecule has 0 atom stereocenters. The lowest BCUT2D eigenvalue weighted by atomic mass is 9.93. The maximum absolute atomic E-state index is 12.9. The van der Waals surface area contributed by atoms with Crippen LogP contribution in [-0.2, 0) is 0 Å². The van der Waals surface area contributed by atoms with Crippen molar-refractivity contribution in [1.82, 2.24) is 18.3 Å². The van der Waals surface area contributed by atoms with Gasteiger partial charge in [0, 0.05) is 48.7 Å². The van der Waals surface area contributed by atoms with E-state index in [2.05, 4.69) is 297 Å². The first-order chi connectivity index (χ1) is 38.7. The summed E-state index contributed by atoms with van der Waals surface area (Å²) in [5, 5.41) is 21.8. The summed E-state index contributed by atoms with van der Waals surface area (Å²) in [7, 11) is 0. The highest BCUT2D eigenvalue weighted by Crippen LogP contribution is 2.52. The Morgan fingerprint density at radius 3 is 0.795 bits per heavy atom. The van der Waals surface area contributed by atoms with Crippen LogP contribution in [0.25, 0.3) is 143 Å². The first-order valence-corrected chi connectivity index (χ1v) is 26.6. The van der Waals surface area contributed by atoms with Crippen molar-refractivity contribution >= 4 is 87.2 Å². The summed E-state index contributed by atoms with van der Waals surface area (Å²) >= 11 is 0. The van der Waals surface area contributed by atoms with Gasteiger partial charge in [-0.25, -0.2) is 0 Å². The molecular formula is C73H45N5. The highest BCUT2D eigenvalue weighted by atomic mass is 15.1. The summed E-state index contributed by atoms with van der Waals surface area (Å²) in [5.74, 6) is 0. The quantitative estimate of drug-likeness (QED) is 0.157. The van der Waals surface area contributed by atoms with E-state index in [1.54, 1.807) is 0 Å². The van der Waals surface area contributed by atoms with Gasteiger partial charge in [0.05, 0.1) is 66.9 Å². The first kappa shape index (κ1) is 43.7. The minimum Gasteiger partial charge on any atom is -0.306 e. The lowest BCUT2D eigenvalue weighted by Gasteiger charge is -2.29. The van der Waals surface area contributed by atoms with Gasteiger partial charge in [0.1, 0.15) is 11.6 Å². The number of fused-ring (bicyclic) bond motifs is 12. The maximum atomic E-state index is 12.9. The highest BCUT2D eigenvalue weighted by Gasteiger charge is 2.35. The zero-order valence-electron chi connectivity index (χ0n) is 42.2. The fourth-order valence-corrected chi connectivity index (χ4v) is 12.9. The minimum atomic E-state index is 0.538. The van der Waals surface area contributed by atoms with E-state index in [1.165, 1.54) is 0 Å². The van der Waals surface area contributed by atoms with E-state index in [-0.39, 0.29) is 0 Å². The van der Waals surface area contributed by atoms with Crippen LogP contribution in [0.5, 0.6) is 0 Å². The number of benzene rings is 12. The largest absolute Gasteiger partial charge is 0.306 e. The molecule has 362 valence electrons. The van der Waals surface area contributed by atoms with Crippen LogP contribution in [-0.4, -0.2) is 18.3 Å². The Morgan fingerprint density at radius 2 is 0.474 bits per heavy atom. The van der Waals surface area contributed by atoms with Crippen molar-refractivity contribution in [3.8, 4) is 62.2 Å². The van der Waals surface area contributed by atoms with Crippen molar-refractivity contribution < 1.29 is 0 Å². The zero-order chi connectivity index (χ0) is 51.4. The van der Waals surface area contributed by atoms with Gasteiger partial charge >= 0.3 is 0 Å². The van der Waals surface area contributed by atoms with Crippen LogP contribution in [0.2, 0.25) is 0 Å². The number of hydrogen-bond acceptors (Lipinski definition) is 1. The van der Waals surface area contributed by atoms with Gasteiger partial charge in [0.2, 0.25) is 0 Å². The fourth-order valence-electron chi connectivity index (χ4n) is 12.9. The summed E-state index contributed by atoms with van der Waals surface area (Å²) < 4.78 is 9.73. The van der Waals surface area contributed by atoms with Crippen molar-refractivity contribution in [3.63, 3.8) is 0 Å². The molecule has 0 bridgehead atoms. The molecule has 16 aromatic rings. The van der Waals surface area contributed by atoms with Crippen molar-refractivity contribution in [3.05, 3.63) is 279 Å². The predicted molar refractivity (Wildman–Crippen MR) is 325 cm³/mol. The molecule has 16 rings (SSSR count).